The van der Waals surface area contributed by atoms with Crippen LogP contribution in [0.15, 0.2) is 34.1 Å². The molecule has 2 aliphatic rings. The summed E-state index contributed by atoms with van der Waals surface area (Å²) in [5.41, 5.74) is 0. The molecule has 134 valence electrons. The Balaban J connectivity index is 1.85. The van der Waals surface area contributed by atoms with Gasteiger partial charge in [0.05, 0.1) is 9.79 Å². The van der Waals surface area contributed by atoms with Crippen LogP contribution >= 0.6 is 0 Å². The molecule has 0 saturated carbocycles. The monoisotopic (exact) mass is 373 g/mol. The molecule has 0 aliphatic carbocycles. The molecular formula is C15H23N3O4S2. The van der Waals surface area contributed by atoms with Crippen molar-refractivity contribution < 1.29 is 16.8 Å². The third-order valence-corrected chi connectivity index (χ3v) is 7.86. The third-order valence-electron chi connectivity index (χ3n) is 4.45. The van der Waals surface area contributed by atoms with E-state index < -0.39 is 20.0 Å². The first kappa shape index (κ1) is 17.8. The lowest BCUT2D eigenvalue weighted by atomic mass is 10.2. The van der Waals surface area contributed by atoms with Gasteiger partial charge >= 0.3 is 0 Å². The van der Waals surface area contributed by atoms with E-state index >= 15 is 0 Å². The first-order valence-corrected chi connectivity index (χ1v) is 11.2. The summed E-state index contributed by atoms with van der Waals surface area (Å²) in [4.78, 5) is 0.0318. The highest BCUT2D eigenvalue weighted by molar-refractivity contribution is 7.90. The van der Waals surface area contributed by atoms with Crippen molar-refractivity contribution >= 4 is 20.0 Å². The topological polar surface area (TPSA) is 95.6 Å². The maximum Gasteiger partial charge on any atom is 0.243 e. The number of nitrogens with one attached hydrogen (secondary N) is 2. The van der Waals surface area contributed by atoms with Gasteiger partial charge in [0.1, 0.15) is 0 Å². The normalized spacial score (nSPS) is 23.4. The zero-order chi connectivity index (χ0) is 17.2. The van der Waals surface area contributed by atoms with Crippen molar-refractivity contribution in [3.8, 4) is 0 Å². The maximum absolute atomic E-state index is 12.7. The van der Waals surface area contributed by atoms with Crippen molar-refractivity contribution in [3.63, 3.8) is 0 Å². The summed E-state index contributed by atoms with van der Waals surface area (Å²) in [7, 11) is -7.37. The molecule has 0 spiro atoms. The van der Waals surface area contributed by atoms with Crippen LogP contribution in [-0.4, -0.2) is 53.4 Å². The van der Waals surface area contributed by atoms with Crippen molar-refractivity contribution in [1.82, 2.24) is 14.3 Å². The fourth-order valence-corrected chi connectivity index (χ4v) is 6.05. The van der Waals surface area contributed by atoms with Gasteiger partial charge in [0.2, 0.25) is 20.0 Å². The average Bonchev–Trinajstić information content (AvgIpc) is 3.08. The quantitative estimate of drug-likeness (QED) is 0.784. The molecule has 3 rings (SSSR count). The van der Waals surface area contributed by atoms with Gasteiger partial charge in [-0.1, -0.05) is 12.5 Å². The molecule has 0 radical (unpaired) electrons. The van der Waals surface area contributed by atoms with Crippen LogP contribution in [0.1, 0.15) is 25.7 Å². The number of nitrogens with zero attached hydrogens (tertiary/aromatic N) is 1. The lowest BCUT2D eigenvalue weighted by molar-refractivity contribution is 0.346. The van der Waals surface area contributed by atoms with Gasteiger partial charge in [-0.2, -0.15) is 4.31 Å². The standard InChI is InChI=1S/C15H23N3O4S2/c19-23(20,17-13-7-8-16-12-13)14-5-4-6-15(11-14)24(21,22)18-9-2-1-3-10-18/h4-6,11,13,16-17H,1-3,7-10,12H2. The predicted octanol–water partition coefficient (Wildman–Crippen LogP) is 0.501. The molecule has 1 aromatic carbocycles. The van der Waals surface area contributed by atoms with Gasteiger partial charge < -0.3 is 5.32 Å². The second-order valence-electron chi connectivity index (χ2n) is 6.25. The average molecular weight is 374 g/mol. The summed E-state index contributed by atoms with van der Waals surface area (Å²) in [5, 5.41) is 3.10. The van der Waals surface area contributed by atoms with Crippen molar-refractivity contribution in [3.05, 3.63) is 24.3 Å². The Labute approximate surface area is 143 Å². The fourth-order valence-electron chi connectivity index (χ4n) is 3.10. The molecule has 1 unspecified atom stereocenters. The number of hydrogen-bond acceptors (Lipinski definition) is 5. The van der Waals surface area contributed by atoms with Crippen LogP contribution in [0.25, 0.3) is 0 Å². The Morgan fingerprint density at radius 3 is 2.42 bits per heavy atom. The minimum Gasteiger partial charge on any atom is -0.315 e. The zero-order valence-corrected chi connectivity index (χ0v) is 15.1. The van der Waals surface area contributed by atoms with E-state index in [1.807, 2.05) is 0 Å². The summed E-state index contributed by atoms with van der Waals surface area (Å²) in [6.07, 6.45) is 3.44. The molecule has 1 aromatic rings. The largest absolute Gasteiger partial charge is 0.315 e. The number of piperidine rings is 1. The van der Waals surface area contributed by atoms with Crippen LogP contribution in [0.5, 0.6) is 0 Å². The van der Waals surface area contributed by atoms with Crippen LogP contribution in [-0.2, 0) is 20.0 Å². The fraction of sp³-hybridized carbons (Fsp3) is 0.600. The van der Waals surface area contributed by atoms with E-state index in [1.165, 1.54) is 28.6 Å². The van der Waals surface area contributed by atoms with Crippen molar-refractivity contribution in [2.24, 2.45) is 0 Å². The zero-order valence-electron chi connectivity index (χ0n) is 13.4. The Kier molecular flexibility index (Phi) is 5.26. The number of hydrogen-bond donors (Lipinski definition) is 2. The molecule has 0 aromatic heterocycles. The molecule has 1 atom stereocenters. The number of benzene rings is 1. The molecular weight excluding hydrogens is 350 g/mol. The van der Waals surface area contributed by atoms with Gasteiger partial charge in [0, 0.05) is 25.7 Å². The van der Waals surface area contributed by atoms with Crippen LogP contribution in [0.3, 0.4) is 0 Å². The van der Waals surface area contributed by atoms with Crippen molar-refractivity contribution in [2.75, 3.05) is 26.2 Å². The van der Waals surface area contributed by atoms with Gasteiger partial charge in [-0.3, -0.25) is 0 Å². The molecule has 2 fully saturated rings. The predicted molar refractivity (Wildman–Crippen MR) is 90.6 cm³/mol. The van der Waals surface area contributed by atoms with Gasteiger partial charge in [-0.15, -0.1) is 0 Å². The Hall–Kier alpha value is -1.00. The van der Waals surface area contributed by atoms with Crippen LogP contribution in [0, 0.1) is 0 Å². The molecule has 2 N–H and O–H groups in total. The second-order valence-corrected chi connectivity index (χ2v) is 9.90. The summed E-state index contributed by atoms with van der Waals surface area (Å²) in [6, 6.07) is 5.48. The lowest BCUT2D eigenvalue weighted by Gasteiger charge is -2.26. The number of rotatable bonds is 5. The summed E-state index contributed by atoms with van der Waals surface area (Å²) in [5.74, 6) is 0. The van der Waals surface area contributed by atoms with Crippen LogP contribution < -0.4 is 10.0 Å². The van der Waals surface area contributed by atoms with E-state index in [1.54, 1.807) is 0 Å². The molecule has 2 saturated heterocycles. The summed E-state index contributed by atoms with van der Waals surface area (Å²) in [6.45, 7) is 2.35. The van der Waals surface area contributed by atoms with Crippen LogP contribution in [0.2, 0.25) is 0 Å². The summed E-state index contributed by atoms with van der Waals surface area (Å²) < 4.78 is 54.5. The van der Waals surface area contributed by atoms with E-state index in [0.29, 0.717) is 19.6 Å². The SMILES string of the molecule is O=S(=O)(NC1CCNC1)c1cccc(S(=O)(=O)N2CCCCC2)c1. The van der Waals surface area contributed by atoms with Crippen molar-refractivity contribution in [1.29, 1.82) is 0 Å². The second kappa shape index (κ2) is 7.09. The molecule has 9 heteroatoms. The Bertz CT molecular complexity index is 781. The van der Waals surface area contributed by atoms with Gasteiger partial charge in [0.25, 0.3) is 0 Å². The van der Waals surface area contributed by atoms with E-state index in [-0.39, 0.29) is 15.8 Å². The van der Waals surface area contributed by atoms with E-state index in [4.69, 9.17) is 0 Å². The van der Waals surface area contributed by atoms with E-state index in [9.17, 15) is 16.8 Å². The molecule has 2 heterocycles. The molecule has 2 aliphatic heterocycles. The van der Waals surface area contributed by atoms with E-state index in [0.717, 1.165) is 32.2 Å². The first-order valence-electron chi connectivity index (χ1n) is 8.23. The molecule has 24 heavy (non-hydrogen) atoms. The van der Waals surface area contributed by atoms with Crippen molar-refractivity contribution in [2.45, 2.75) is 41.5 Å². The highest BCUT2D eigenvalue weighted by atomic mass is 32.2. The smallest absolute Gasteiger partial charge is 0.243 e. The Morgan fingerprint density at radius 1 is 1.04 bits per heavy atom. The highest BCUT2D eigenvalue weighted by Crippen LogP contribution is 2.23. The molecule has 7 nitrogen and oxygen atoms in total. The highest BCUT2D eigenvalue weighted by Gasteiger charge is 2.28. The van der Waals surface area contributed by atoms with Gasteiger partial charge in [0.15, 0.2) is 0 Å². The van der Waals surface area contributed by atoms with E-state index in [2.05, 4.69) is 10.0 Å². The number of sulfonamides is 2. The first-order chi connectivity index (χ1) is 11.4. The molecule has 0 amide bonds. The maximum atomic E-state index is 12.7. The minimum atomic E-state index is -3.73. The third kappa shape index (κ3) is 3.80. The van der Waals surface area contributed by atoms with Gasteiger partial charge in [-0.05, 0) is 44.0 Å². The summed E-state index contributed by atoms with van der Waals surface area (Å²) >= 11 is 0. The van der Waals surface area contributed by atoms with Gasteiger partial charge in [-0.25, -0.2) is 21.6 Å². The van der Waals surface area contributed by atoms with Crippen LogP contribution in [0.4, 0.5) is 0 Å². The Morgan fingerprint density at radius 2 is 1.75 bits per heavy atom. The minimum absolute atomic E-state index is 0.00696. The lowest BCUT2D eigenvalue weighted by Crippen LogP contribution is -2.37. The molecule has 0 bridgehead atoms.